The molecule has 114 valence electrons. The summed E-state index contributed by atoms with van der Waals surface area (Å²) >= 11 is 0. The highest BCUT2D eigenvalue weighted by atomic mass is 16.7. The first-order chi connectivity index (χ1) is 8.47. The molecule has 0 radical (unpaired) electrons. The van der Waals surface area contributed by atoms with Crippen LogP contribution < -0.4 is 0 Å². The van der Waals surface area contributed by atoms with Crippen LogP contribution in [0.4, 0.5) is 0 Å². The summed E-state index contributed by atoms with van der Waals surface area (Å²) in [4.78, 5) is 0. The molecular formula is C15H30O4. The maximum atomic E-state index is 10.6. The van der Waals surface area contributed by atoms with Gasteiger partial charge in [0.2, 0.25) is 0 Å². The van der Waals surface area contributed by atoms with Crippen molar-refractivity contribution < 1.29 is 19.3 Å². The zero-order chi connectivity index (χ0) is 15.0. The molecule has 1 heterocycles. The van der Waals surface area contributed by atoms with Gasteiger partial charge in [-0.25, -0.2) is 0 Å². The van der Waals surface area contributed by atoms with Gasteiger partial charge in [-0.1, -0.05) is 20.8 Å². The quantitative estimate of drug-likeness (QED) is 0.841. The van der Waals surface area contributed by atoms with Crippen LogP contribution in [0.5, 0.6) is 0 Å². The normalized spacial score (nSPS) is 37.4. The molecular weight excluding hydrogens is 244 g/mol. The largest absolute Gasteiger partial charge is 0.390 e. The highest BCUT2D eigenvalue weighted by Gasteiger charge is 2.49. The third-order valence-electron chi connectivity index (χ3n) is 3.57. The Morgan fingerprint density at radius 2 is 1.58 bits per heavy atom. The molecule has 1 aliphatic rings. The van der Waals surface area contributed by atoms with Crippen molar-refractivity contribution in [1.82, 2.24) is 0 Å². The van der Waals surface area contributed by atoms with Gasteiger partial charge in [-0.2, -0.15) is 0 Å². The molecule has 19 heavy (non-hydrogen) atoms. The number of hydrogen-bond acceptors (Lipinski definition) is 4. The zero-order valence-corrected chi connectivity index (χ0v) is 13.6. The van der Waals surface area contributed by atoms with E-state index in [0.717, 1.165) is 0 Å². The van der Waals surface area contributed by atoms with Crippen LogP contribution in [-0.2, 0) is 14.2 Å². The monoisotopic (exact) mass is 274 g/mol. The molecule has 1 aliphatic heterocycles. The molecule has 0 aliphatic carbocycles. The molecule has 4 heteroatoms. The Kier molecular flexibility index (Phi) is 5.05. The van der Waals surface area contributed by atoms with Gasteiger partial charge in [0.25, 0.3) is 0 Å². The number of aliphatic hydroxyl groups excluding tert-OH is 1. The second kappa shape index (κ2) is 5.68. The summed E-state index contributed by atoms with van der Waals surface area (Å²) in [6.07, 6.45) is -1.66. The molecule has 0 saturated carbocycles. The highest BCUT2D eigenvalue weighted by Crippen LogP contribution is 2.40. The van der Waals surface area contributed by atoms with Crippen LogP contribution in [-0.4, -0.2) is 42.4 Å². The molecule has 0 amide bonds. The fourth-order valence-electron chi connectivity index (χ4n) is 2.93. The average molecular weight is 274 g/mol. The number of ether oxygens (including phenoxy) is 3. The number of rotatable bonds is 2. The van der Waals surface area contributed by atoms with Gasteiger partial charge in [0, 0.05) is 13.0 Å². The number of aliphatic hydroxyl groups is 1. The van der Waals surface area contributed by atoms with Crippen molar-refractivity contribution >= 4 is 0 Å². The van der Waals surface area contributed by atoms with Crippen molar-refractivity contribution in [2.24, 2.45) is 11.3 Å². The Bertz CT molecular complexity index is 288. The molecule has 5 unspecified atom stereocenters. The second-order valence-corrected chi connectivity index (χ2v) is 7.52. The summed E-state index contributed by atoms with van der Waals surface area (Å²) in [5.74, 6) is 0.0114. The average Bonchev–Trinajstić information content (AvgIpc) is 2.11. The van der Waals surface area contributed by atoms with Crippen molar-refractivity contribution in [3.8, 4) is 0 Å². The van der Waals surface area contributed by atoms with Crippen LogP contribution in [0.15, 0.2) is 0 Å². The summed E-state index contributed by atoms with van der Waals surface area (Å²) in [7, 11) is 1.59. The lowest BCUT2D eigenvalue weighted by Crippen LogP contribution is -2.59. The van der Waals surface area contributed by atoms with Crippen molar-refractivity contribution in [2.75, 3.05) is 7.11 Å². The summed E-state index contributed by atoms with van der Waals surface area (Å²) in [6, 6.07) is 0. The van der Waals surface area contributed by atoms with Gasteiger partial charge in [0.05, 0.1) is 17.8 Å². The van der Waals surface area contributed by atoms with Crippen LogP contribution >= 0.6 is 0 Å². The van der Waals surface area contributed by atoms with E-state index in [-0.39, 0.29) is 23.0 Å². The van der Waals surface area contributed by atoms with E-state index in [2.05, 4.69) is 20.8 Å². The van der Waals surface area contributed by atoms with Gasteiger partial charge in [0.15, 0.2) is 6.29 Å². The third-order valence-corrected chi connectivity index (χ3v) is 3.57. The Balaban J connectivity index is 2.92. The molecule has 1 N–H and O–H groups in total. The first-order valence-electron chi connectivity index (χ1n) is 7.01. The molecule has 0 aromatic rings. The molecule has 1 saturated heterocycles. The van der Waals surface area contributed by atoms with Crippen molar-refractivity contribution in [3.63, 3.8) is 0 Å². The van der Waals surface area contributed by atoms with E-state index in [0.29, 0.717) is 0 Å². The molecule has 0 aromatic heterocycles. The van der Waals surface area contributed by atoms with Gasteiger partial charge in [-0.3, -0.25) is 0 Å². The Labute approximate surface area is 117 Å². The summed E-state index contributed by atoms with van der Waals surface area (Å²) in [5, 5.41) is 10.6. The topological polar surface area (TPSA) is 47.9 Å². The minimum absolute atomic E-state index is 0.0114. The van der Waals surface area contributed by atoms with E-state index >= 15 is 0 Å². The maximum absolute atomic E-state index is 10.6. The van der Waals surface area contributed by atoms with Gasteiger partial charge < -0.3 is 19.3 Å². The molecule has 4 nitrogen and oxygen atoms in total. The lowest BCUT2D eigenvalue weighted by molar-refractivity contribution is -0.318. The second-order valence-electron chi connectivity index (χ2n) is 7.52. The predicted octanol–water partition coefficient (Wildman–Crippen LogP) is 2.58. The molecule has 0 spiro atoms. The van der Waals surface area contributed by atoms with Gasteiger partial charge in [-0.15, -0.1) is 0 Å². The SMILES string of the molecule is COC1C(OC(C)(C)C)OC(C)C(C(C)(C)C)C1O. The Hall–Kier alpha value is -0.160. The van der Waals surface area contributed by atoms with Crippen molar-refractivity contribution in [1.29, 1.82) is 0 Å². The lowest BCUT2D eigenvalue weighted by atomic mass is 9.71. The predicted molar refractivity (Wildman–Crippen MR) is 74.9 cm³/mol. The Morgan fingerprint density at radius 3 is 1.95 bits per heavy atom. The van der Waals surface area contributed by atoms with Crippen molar-refractivity contribution in [2.45, 2.75) is 78.7 Å². The van der Waals surface area contributed by atoms with E-state index in [4.69, 9.17) is 14.2 Å². The van der Waals surface area contributed by atoms with Crippen LogP contribution in [0.3, 0.4) is 0 Å². The van der Waals surface area contributed by atoms with E-state index in [1.807, 2.05) is 27.7 Å². The first kappa shape index (κ1) is 16.9. The van der Waals surface area contributed by atoms with Gasteiger partial charge in [-0.05, 0) is 33.1 Å². The van der Waals surface area contributed by atoms with Crippen molar-refractivity contribution in [3.05, 3.63) is 0 Å². The van der Waals surface area contributed by atoms with Gasteiger partial charge in [0.1, 0.15) is 6.10 Å². The van der Waals surface area contributed by atoms with Crippen LogP contribution in [0.2, 0.25) is 0 Å². The molecule has 1 fully saturated rings. The minimum Gasteiger partial charge on any atom is -0.390 e. The third kappa shape index (κ3) is 4.15. The summed E-state index contributed by atoms with van der Waals surface area (Å²) in [5.41, 5.74) is -0.391. The zero-order valence-electron chi connectivity index (χ0n) is 13.6. The molecule has 1 rings (SSSR count). The maximum Gasteiger partial charge on any atom is 0.187 e. The standard InChI is InChI=1S/C15H30O4/c1-9-10(14(2,3)4)11(16)12(17-8)13(18-9)19-15(5,6)7/h9-13,16H,1-8H3. The molecule has 5 atom stereocenters. The highest BCUT2D eigenvalue weighted by molar-refractivity contribution is 4.94. The first-order valence-corrected chi connectivity index (χ1v) is 7.01. The minimum atomic E-state index is -0.596. The van der Waals surface area contributed by atoms with E-state index < -0.39 is 18.5 Å². The Morgan fingerprint density at radius 1 is 1.05 bits per heavy atom. The van der Waals surface area contributed by atoms with Crippen LogP contribution in [0.25, 0.3) is 0 Å². The van der Waals surface area contributed by atoms with Crippen LogP contribution in [0, 0.1) is 11.3 Å². The smallest absolute Gasteiger partial charge is 0.187 e. The van der Waals surface area contributed by atoms with E-state index in [1.54, 1.807) is 7.11 Å². The van der Waals surface area contributed by atoms with E-state index in [1.165, 1.54) is 0 Å². The fraction of sp³-hybridized carbons (Fsp3) is 1.00. The molecule has 0 bridgehead atoms. The number of hydrogen-bond donors (Lipinski definition) is 1. The van der Waals surface area contributed by atoms with Crippen LogP contribution in [0.1, 0.15) is 48.5 Å². The lowest BCUT2D eigenvalue weighted by Gasteiger charge is -2.49. The summed E-state index contributed by atoms with van der Waals surface area (Å²) in [6.45, 7) is 14.2. The van der Waals surface area contributed by atoms with Gasteiger partial charge >= 0.3 is 0 Å². The fourth-order valence-corrected chi connectivity index (χ4v) is 2.93. The van der Waals surface area contributed by atoms with E-state index in [9.17, 15) is 5.11 Å². The number of methoxy groups -OCH3 is 1. The molecule has 0 aromatic carbocycles. The summed E-state index contributed by atoms with van der Waals surface area (Å²) < 4.78 is 17.3.